The largest absolute Gasteiger partial charge is 0.348 e. The summed E-state index contributed by atoms with van der Waals surface area (Å²) in [6.07, 6.45) is 15.4. The van der Waals surface area contributed by atoms with Gasteiger partial charge in [0.25, 0.3) is 0 Å². The van der Waals surface area contributed by atoms with E-state index in [4.69, 9.17) is 9.97 Å². The number of carbonyl (C=O) groups is 1. The third kappa shape index (κ3) is 7.92. The minimum Gasteiger partial charge on any atom is -0.348 e. The maximum atomic E-state index is 12.2. The van der Waals surface area contributed by atoms with Gasteiger partial charge in [-0.15, -0.1) is 0 Å². The van der Waals surface area contributed by atoms with Crippen LogP contribution in [0.1, 0.15) is 57.4 Å². The van der Waals surface area contributed by atoms with Crippen LogP contribution in [0.15, 0.2) is 53.9 Å². The number of nitrogens with zero attached hydrogens (tertiary/aromatic N) is 6. The molecule has 1 saturated heterocycles. The molecule has 4 heterocycles. The zero-order chi connectivity index (χ0) is 28.8. The Hall–Kier alpha value is -3.30. The Morgan fingerprint density at radius 2 is 1.88 bits per heavy atom. The van der Waals surface area contributed by atoms with Crippen molar-refractivity contribution >= 4 is 44.4 Å². The molecule has 218 valence electrons. The molecule has 0 radical (unpaired) electrons. The van der Waals surface area contributed by atoms with E-state index in [9.17, 15) is 4.79 Å². The molecule has 41 heavy (non-hydrogen) atoms. The fourth-order valence-corrected chi connectivity index (χ4v) is 6.48. The van der Waals surface area contributed by atoms with E-state index in [2.05, 4.69) is 64.4 Å². The Morgan fingerprint density at radius 3 is 2.68 bits per heavy atom. The molecule has 0 spiro atoms. The Morgan fingerprint density at radius 1 is 1.05 bits per heavy atom. The Balaban J connectivity index is 1.20. The first kappa shape index (κ1) is 29.2. The van der Waals surface area contributed by atoms with Crippen molar-refractivity contribution in [3.8, 4) is 0 Å². The molecule has 5 rings (SSSR count). The minimum absolute atomic E-state index is 0.194. The maximum Gasteiger partial charge on any atom is 0.236 e. The van der Waals surface area contributed by atoms with Crippen LogP contribution in [0.25, 0.3) is 10.3 Å². The standard InChI is InChI=1S/C32H43N7OS/c1-23-10-12-26(13-11-23)38(4)29-15-14-27-31(36-29)41-32(34-27)35-28-21-25(16-17-33-28)20-24-8-5-6-18-39(19-7-9-24)22-30(40)37(2)3/h10,12,14-17,21,24H,5-9,11,13,18-20,22H2,1-4H3,(H,33,34,35). The summed E-state index contributed by atoms with van der Waals surface area (Å²) in [5, 5.41) is 4.24. The fourth-order valence-electron chi connectivity index (χ4n) is 5.64. The van der Waals surface area contributed by atoms with Crippen molar-refractivity contribution in [3.63, 3.8) is 0 Å². The molecule has 1 atom stereocenters. The van der Waals surface area contributed by atoms with Crippen LogP contribution in [0.4, 0.5) is 16.8 Å². The number of allylic oxidation sites excluding steroid dienone is 4. The molecule has 0 aromatic carbocycles. The smallest absolute Gasteiger partial charge is 0.236 e. The number of thiazole rings is 1. The first-order chi connectivity index (χ1) is 19.8. The quantitative estimate of drug-likeness (QED) is 0.334. The fraction of sp³-hybridized carbons (Fsp3) is 0.500. The second-order valence-electron chi connectivity index (χ2n) is 11.7. The predicted molar refractivity (Wildman–Crippen MR) is 170 cm³/mol. The average Bonchev–Trinajstić information content (AvgIpc) is 3.40. The van der Waals surface area contributed by atoms with Crippen molar-refractivity contribution in [2.75, 3.05) is 51.0 Å². The minimum atomic E-state index is 0.194. The van der Waals surface area contributed by atoms with E-state index in [1.54, 1.807) is 16.2 Å². The molecule has 8 nitrogen and oxygen atoms in total. The summed E-state index contributed by atoms with van der Waals surface area (Å²) in [6, 6.07) is 8.41. The summed E-state index contributed by atoms with van der Waals surface area (Å²) in [4.78, 5) is 33.6. The molecule has 1 amide bonds. The van der Waals surface area contributed by atoms with Gasteiger partial charge in [0, 0.05) is 33.0 Å². The highest BCUT2D eigenvalue weighted by Gasteiger charge is 2.18. The van der Waals surface area contributed by atoms with Crippen molar-refractivity contribution in [2.24, 2.45) is 5.92 Å². The summed E-state index contributed by atoms with van der Waals surface area (Å²) >= 11 is 1.56. The zero-order valence-electron chi connectivity index (χ0n) is 24.9. The number of nitrogens with one attached hydrogen (secondary N) is 1. The van der Waals surface area contributed by atoms with Gasteiger partial charge in [0.2, 0.25) is 5.91 Å². The average molecular weight is 574 g/mol. The second-order valence-corrected chi connectivity index (χ2v) is 12.7. The highest BCUT2D eigenvalue weighted by atomic mass is 32.1. The van der Waals surface area contributed by atoms with E-state index in [0.717, 1.165) is 72.3 Å². The number of aromatic nitrogens is 3. The van der Waals surface area contributed by atoms with Gasteiger partial charge >= 0.3 is 0 Å². The van der Waals surface area contributed by atoms with E-state index in [1.165, 1.54) is 36.1 Å². The number of hydrogen-bond donors (Lipinski definition) is 1. The Bertz CT molecular complexity index is 1410. The van der Waals surface area contributed by atoms with E-state index >= 15 is 0 Å². The predicted octanol–water partition coefficient (Wildman–Crippen LogP) is 6.40. The molecule has 0 saturated carbocycles. The normalized spacial score (nSPS) is 18.6. The molecule has 9 heteroatoms. The Labute approximate surface area is 248 Å². The van der Waals surface area contributed by atoms with E-state index in [0.29, 0.717) is 12.5 Å². The SMILES string of the molecule is CC1=CC=C(N(C)c2ccc3nc(Nc4cc(CC5CCCCN(CC(=O)N(C)C)CCC5)ccn4)sc3n2)CC1. The molecule has 1 N–H and O–H groups in total. The molecular weight excluding hydrogens is 530 g/mol. The monoisotopic (exact) mass is 573 g/mol. The van der Waals surface area contributed by atoms with Crippen LogP contribution < -0.4 is 10.2 Å². The van der Waals surface area contributed by atoms with Gasteiger partial charge in [-0.25, -0.2) is 15.0 Å². The number of fused-ring (bicyclic) bond motifs is 1. The van der Waals surface area contributed by atoms with Gasteiger partial charge < -0.3 is 15.1 Å². The third-order valence-electron chi connectivity index (χ3n) is 8.22. The number of carbonyl (C=O) groups excluding carboxylic acids is 1. The van der Waals surface area contributed by atoms with Crippen LogP contribution in [0.3, 0.4) is 0 Å². The summed E-state index contributed by atoms with van der Waals surface area (Å²) in [7, 11) is 5.76. The third-order valence-corrected chi connectivity index (χ3v) is 9.10. The van der Waals surface area contributed by atoms with Crippen molar-refractivity contribution in [1.29, 1.82) is 0 Å². The maximum absolute atomic E-state index is 12.2. The van der Waals surface area contributed by atoms with E-state index in [1.807, 2.05) is 26.4 Å². The van der Waals surface area contributed by atoms with Crippen molar-refractivity contribution in [2.45, 2.75) is 58.3 Å². The summed E-state index contributed by atoms with van der Waals surface area (Å²) in [5.74, 6) is 2.61. The van der Waals surface area contributed by atoms with Gasteiger partial charge in [-0.2, -0.15) is 0 Å². The zero-order valence-corrected chi connectivity index (χ0v) is 25.7. The Kier molecular flexibility index (Phi) is 9.67. The number of pyridine rings is 2. The number of anilines is 3. The molecule has 3 aromatic heterocycles. The molecule has 1 aliphatic heterocycles. The van der Waals surface area contributed by atoms with Crippen molar-refractivity contribution in [1.82, 2.24) is 24.8 Å². The molecule has 1 fully saturated rings. The van der Waals surface area contributed by atoms with Crippen LogP contribution in [0.2, 0.25) is 0 Å². The van der Waals surface area contributed by atoms with Crippen LogP contribution in [0, 0.1) is 5.92 Å². The van der Waals surface area contributed by atoms with Gasteiger partial charge in [0.1, 0.15) is 22.0 Å². The number of likely N-dealkylation sites (N-methyl/N-ethyl adjacent to an activating group) is 1. The van der Waals surface area contributed by atoms with Crippen LogP contribution in [-0.2, 0) is 11.2 Å². The highest BCUT2D eigenvalue weighted by molar-refractivity contribution is 7.21. The second kappa shape index (κ2) is 13.6. The van der Waals surface area contributed by atoms with Crippen molar-refractivity contribution < 1.29 is 4.79 Å². The van der Waals surface area contributed by atoms with Gasteiger partial charge in [-0.05, 0) is 100 Å². The molecule has 2 aliphatic rings. The molecule has 1 aliphatic carbocycles. The van der Waals surface area contributed by atoms with Crippen LogP contribution in [0.5, 0.6) is 0 Å². The number of amides is 1. The summed E-state index contributed by atoms with van der Waals surface area (Å²) in [5.41, 5.74) is 4.90. The first-order valence-electron chi connectivity index (χ1n) is 14.9. The highest BCUT2D eigenvalue weighted by Crippen LogP contribution is 2.31. The molecule has 3 aromatic rings. The molecule has 1 unspecified atom stereocenters. The lowest BCUT2D eigenvalue weighted by Gasteiger charge is -2.23. The van der Waals surface area contributed by atoms with Crippen LogP contribution >= 0.6 is 11.3 Å². The van der Waals surface area contributed by atoms with Gasteiger partial charge in [0.05, 0.1) is 6.54 Å². The molecular formula is C32H43N7OS. The summed E-state index contributed by atoms with van der Waals surface area (Å²) in [6.45, 7) is 4.72. The lowest BCUT2D eigenvalue weighted by atomic mass is 9.91. The van der Waals surface area contributed by atoms with Crippen LogP contribution in [-0.4, -0.2) is 71.4 Å². The number of rotatable bonds is 8. The van der Waals surface area contributed by atoms with Gasteiger partial charge in [0.15, 0.2) is 5.13 Å². The topological polar surface area (TPSA) is 77.5 Å². The van der Waals surface area contributed by atoms with Gasteiger partial charge in [-0.1, -0.05) is 35.8 Å². The lowest BCUT2D eigenvalue weighted by Crippen LogP contribution is -2.37. The molecule has 0 bridgehead atoms. The van der Waals surface area contributed by atoms with Crippen molar-refractivity contribution in [3.05, 3.63) is 59.4 Å². The van der Waals surface area contributed by atoms with E-state index in [-0.39, 0.29) is 5.91 Å². The van der Waals surface area contributed by atoms with Gasteiger partial charge in [-0.3, -0.25) is 9.69 Å². The first-order valence-corrected chi connectivity index (χ1v) is 15.7. The number of hydrogen-bond acceptors (Lipinski definition) is 8. The van der Waals surface area contributed by atoms with E-state index < -0.39 is 0 Å². The summed E-state index contributed by atoms with van der Waals surface area (Å²) < 4.78 is 0. The lowest BCUT2D eigenvalue weighted by molar-refractivity contribution is -0.129.